The third-order valence-electron chi connectivity index (χ3n) is 2.82. The smallest absolute Gasteiger partial charge is 0.306 e. The Kier molecular flexibility index (Phi) is 5.22. The molecule has 0 radical (unpaired) electrons. The molecule has 3 nitrogen and oxygen atoms in total. The minimum absolute atomic E-state index is 0.317. The minimum Gasteiger partial charge on any atom is -0.481 e. The molecule has 1 atom stereocenters. The van der Waals surface area contributed by atoms with Gasteiger partial charge in [-0.1, -0.05) is 31.9 Å². The molecule has 17 heavy (non-hydrogen) atoms. The Morgan fingerprint density at radius 2 is 2.06 bits per heavy atom. The van der Waals surface area contributed by atoms with E-state index in [1.807, 2.05) is 18.2 Å². The number of unbranched alkanes of at least 4 members (excludes halogenated alkanes) is 1. The van der Waals surface area contributed by atoms with Crippen molar-refractivity contribution in [3.05, 3.63) is 35.4 Å². The summed E-state index contributed by atoms with van der Waals surface area (Å²) in [6.07, 6.45) is 3.21. The van der Waals surface area contributed by atoms with Crippen LogP contribution >= 0.6 is 0 Å². The molecular weight excluding hydrogens is 214 g/mol. The van der Waals surface area contributed by atoms with Crippen LogP contribution in [0, 0.1) is 17.2 Å². The molecule has 0 bridgehead atoms. The molecular formula is C14H17NO2. The number of benzene rings is 1. The van der Waals surface area contributed by atoms with Gasteiger partial charge in [0.2, 0.25) is 0 Å². The number of rotatable bonds is 6. The number of nitrogens with zero attached hydrogens (tertiary/aromatic N) is 1. The first-order valence-electron chi connectivity index (χ1n) is 5.89. The fourth-order valence-electron chi connectivity index (χ4n) is 1.76. The highest BCUT2D eigenvalue weighted by Gasteiger charge is 2.17. The van der Waals surface area contributed by atoms with Crippen LogP contribution in [-0.2, 0) is 11.2 Å². The normalized spacial score (nSPS) is 11.8. The highest BCUT2D eigenvalue weighted by Crippen LogP contribution is 2.16. The molecule has 0 saturated heterocycles. The summed E-state index contributed by atoms with van der Waals surface area (Å²) >= 11 is 0. The predicted octanol–water partition coefficient (Wildman–Crippen LogP) is 2.99. The fraction of sp³-hybridized carbons (Fsp3) is 0.429. The largest absolute Gasteiger partial charge is 0.481 e. The zero-order chi connectivity index (χ0) is 12.7. The molecule has 0 aliphatic rings. The Bertz CT molecular complexity index is 403. The molecule has 0 spiro atoms. The lowest BCUT2D eigenvalue weighted by atomic mass is 9.94. The highest BCUT2D eigenvalue weighted by atomic mass is 16.4. The summed E-state index contributed by atoms with van der Waals surface area (Å²) in [5.74, 6) is -1.05. The van der Waals surface area contributed by atoms with Crippen LogP contribution in [0.25, 0.3) is 0 Å². The highest BCUT2D eigenvalue weighted by molar-refractivity contribution is 5.70. The maximum absolute atomic E-state index is 11.1. The zero-order valence-electron chi connectivity index (χ0n) is 10.0. The van der Waals surface area contributed by atoms with Crippen LogP contribution in [0.15, 0.2) is 24.3 Å². The third kappa shape index (κ3) is 4.28. The second-order valence-electron chi connectivity index (χ2n) is 4.19. The molecule has 1 aromatic rings. The topological polar surface area (TPSA) is 61.1 Å². The number of hydrogen-bond donors (Lipinski definition) is 1. The van der Waals surface area contributed by atoms with E-state index in [2.05, 4.69) is 6.92 Å². The first kappa shape index (κ1) is 13.2. The maximum atomic E-state index is 11.1. The van der Waals surface area contributed by atoms with E-state index < -0.39 is 5.97 Å². The summed E-state index contributed by atoms with van der Waals surface area (Å²) in [4.78, 5) is 11.1. The van der Waals surface area contributed by atoms with Crippen LogP contribution < -0.4 is 0 Å². The lowest BCUT2D eigenvalue weighted by Crippen LogP contribution is -2.16. The van der Waals surface area contributed by atoms with Crippen molar-refractivity contribution >= 4 is 5.97 Å². The first-order chi connectivity index (χ1) is 8.17. The molecule has 1 rings (SSSR count). The number of carboxylic acids is 1. The van der Waals surface area contributed by atoms with Gasteiger partial charge >= 0.3 is 5.97 Å². The van der Waals surface area contributed by atoms with Gasteiger partial charge in [-0.05, 0) is 30.5 Å². The van der Waals surface area contributed by atoms with Gasteiger partial charge in [0.1, 0.15) is 0 Å². The van der Waals surface area contributed by atoms with Crippen LogP contribution in [0.4, 0.5) is 0 Å². The van der Waals surface area contributed by atoms with Crippen molar-refractivity contribution in [1.82, 2.24) is 0 Å². The van der Waals surface area contributed by atoms with Gasteiger partial charge in [-0.3, -0.25) is 4.79 Å². The first-order valence-corrected chi connectivity index (χ1v) is 5.89. The Hall–Kier alpha value is -1.82. The lowest BCUT2D eigenvalue weighted by molar-refractivity contribution is -0.141. The van der Waals surface area contributed by atoms with Gasteiger partial charge in [-0.15, -0.1) is 0 Å². The molecule has 0 unspecified atom stereocenters. The number of carbonyl (C=O) groups is 1. The van der Waals surface area contributed by atoms with E-state index in [9.17, 15) is 4.79 Å². The molecule has 0 fully saturated rings. The van der Waals surface area contributed by atoms with Gasteiger partial charge in [0.15, 0.2) is 0 Å². The van der Waals surface area contributed by atoms with Crippen molar-refractivity contribution in [3.63, 3.8) is 0 Å². The molecule has 3 heteroatoms. The summed E-state index contributed by atoms with van der Waals surface area (Å²) in [7, 11) is 0. The van der Waals surface area contributed by atoms with Crippen molar-refractivity contribution in [3.8, 4) is 6.07 Å². The van der Waals surface area contributed by atoms with E-state index in [4.69, 9.17) is 10.4 Å². The molecule has 0 aliphatic heterocycles. The van der Waals surface area contributed by atoms with Crippen molar-refractivity contribution in [1.29, 1.82) is 5.26 Å². The quantitative estimate of drug-likeness (QED) is 0.818. The predicted molar refractivity (Wildman–Crippen MR) is 65.5 cm³/mol. The summed E-state index contributed by atoms with van der Waals surface area (Å²) in [5, 5.41) is 17.8. The van der Waals surface area contributed by atoms with E-state index >= 15 is 0 Å². The molecule has 0 saturated carbocycles. The average Bonchev–Trinajstić information content (AvgIpc) is 2.35. The van der Waals surface area contributed by atoms with Crippen molar-refractivity contribution in [2.24, 2.45) is 5.92 Å². The molecule has 90 valence electrons. The van der Waals surface area contributed by atoms with Crippen LogP contribution in [0.5, 0.6) is 0 Å². The van der Waals surface area contributed by atoms with Crippen LogP contribution in [0.3, 0.4) is 0 Å². The van der Waals surface area contributed by atoms with Crippen molar-refractivity contribution in [2.45, 2.75) is 32.6 Å². The van der Waals surface area contributed by atoms with Gasteiger partial charge in [0.25, 0.3) is 0 Å². The van der Waals surface area contributed by atoms with E-state index in [-0.39, 0.29) is 5.92 Å². The second-order valence-corrected chi connectivity index (χ2v) is 4.19. The Balaban J connectivity index is 2.65. The Morgan fingerprint density at radius 1 is 1.41 bits per heavy atom. The summed E-state index contributed by atoms with van der Waals surface area (Å²) in [5.41, 5.74) is 1.58. The van der Waals surface area contributed by atoms with Gasteiger partial charge in [-0.25, -0.2) is 0 Å². The van der Waals surface area contributed by atoms with E-state index in [0.29, 0.717) is 18.4 Å². The Labute approximate surface area is 102 Å². The zero-order valence-corrected chi connectivity index (χ0v) is 10.0. The van der Waals surface area contributed by atoms with Crippen molar-refractivity contribution < 1.29 is 9.90 Å². The molecule has 1 aromatic carbocycles. The summed E-state index contributed by atoms with van der Waals surface area (Å²) in [6.45, 7) is 2.06. The molecule has 0 heterocycles. The number of aliphatic carboxylic acids is 1. The van der Waals surface area contributed by atoms with Gasteiger partial charge in [0.05, 0.1) is 17.6 Å². The molecule has 0 amide bonds. The SMILES string of the molecule is CCCC[C@H](Cc1ccc(C#N)cc1)C(=O)O. The monoisotopic (exact) mass is 231 g/mol. The minimum atomic E-state index is -0.734. The fourth-order valence-corrected chi connectivity index (χ4v) is 1.76. The third-order valence-corrected chi connectivity index (χ3v) is 2.82. The van der Waals surface area contributed by atoms with E-state index in [0.717, 1.165) is 18.4 Å². The summed E-state index contributed by atoms with van der Waals surface area (Å²) in [6, 6.07) is 9.18. The number of nitriles is 1. The second kappa shape index (κ2) is 6.70. The van der Waals surface area contributed by atoms with E-state index in [1.165, 1.54) is 0 Å². The molecule has 0 aliphatic carbocycles. The van der Waals surface area contributed by atoms with Crippen molar-refractivity contribution in [2.75, 3.05) is 0 Å². The number of carboxylic acid groups (broad SMARTS) is 1. The Morgan fingerprint density at radius 3 is 2.53 bits per heavy atom. The summed E-state index contributed by atoms with van der Waals surface area (Å²) < 4.78 is 0. The van der Waals surface area contributed by atoms with Crippen LogP contribution in [0.2, 0.25) is 0 Å². The number of hydrogen-bond acceptors (Lipinski definition) is 2. The van der Waals surface area contributed by atoms with Gasteiger partial charge in [-0.2, -0.15) is 5.26 Å². The van der Waals surface area contributed by atoms with E-state index in [1.54, 1.807) is 12.1 Å². The lowest BCUT2D eigenvalue weighted by Gasteiger charge is -2.11. The van der Waals surface area contributed by atoms with Gasteiger partial charge < -0.3 is 5.11 Å². The maximum Gasteiger partial charge on any atom is 0.306 e. The average molecular weight is 231 g/mol. The molecule has 1 N–H and O–H groups in total. The van der Waals surface area contributed by atoms with Crippen LogP contribution in [-0.4, -0.2) is 11.1 Å². The van der Waals surface area contributed by atoms with Gasteiger partial charge in [0, 0.05) is 0 Å². The molecule has 0 aromatic heterocycles. The van der Waals surface area contributed by atoms with Crippen LogP contribution in [0.1, 0.15) is 37.3 Å². The standard InChI is InChI=1S/C14H17NO2/c1-2-3-4-13(14(16)17)9-11-5-7-12(10-15)8-6-11/h5-8,13H,2-4,9H2,1H3,(H,16,17)/t13-/m1/s1.